The Kier molecular flexibility index (Phi) is 3.53. The summed E-state index contributed by atoms with van der Waals surface area (Å²) in [5, 5.41) is 6.91. The molecule has 2 rings (SSSR count). The van der Waals surface area contributed by atoms with Crippen LogP contribution in [0.3, 0.4) is 0 Å². The second-order valence-electron chi connectivity index (χ2n) is 3.21. The van der Waals surface area contributed by atoms with Crippen molar-refractivity contribution in [3.8, 4) is 0 Å². The van der Waals surface area contributed by atoms with Gasteiger partial charge < -0.3 is 9.84 Å². The van der Waals surface area contributed by atoms with Crippen LogP contribution in [0.4, 0.5) is 0 Å². The average Bonchev–Trinajstić information content (AvgIpc) is 2.74. The normalized spacial score (nSPS) is 10.5. The number of benzene rings is 1. The van der Waals surface area contributed by atoms with Gasteiger partial charge >= 0.3 is 0 Å². The van der Waals surface area contributed by atoms with Gasteiger partial charge in [-0.2, -0.15) is 0 Å². The van der Waals surface area contributed by atoms with Gasteiger partial charge in [-0.3, -0.25) is 0 Å². The third kappa shape index (κ3) is 3.18. The molecule has 1 aromatic heterocycles. The Balaban J connectivity index is 1.81. The minimum Gasteiger partial charge on any atom is -0.360 e. The van der Waals surface area contributed by atoms with Crippen LogP contribution in [0.2, 0.25) is 0 Å². The number of hydrogen-bond donors (Lipinski definition) is 1. The summed E-state index contributed by atoms with van der Waals surface area (Å²) in [4.78, 5) is 0. The molecule has 0 aliphatic rings. The Morgan fingerprint density at radius 3 is 2.60 bits per heavy atom. The SMILES string of the molecule is Brc1ccc(CNCc2ccno2)cc1. The van der Waals surface area contributed by atoms with E-state index in [4.69, 9.17) is 4.52 Å². The van der Waals surface area contributed by atoms with Gasteiger partial charge in [0.1, 0.15) is 5.76 Å². The van der Waals surface area contributed by atoms with Gasteiger partial charge in [-0.05, 0) is 17.7 Å². The molecule has 4 heteroatoms. The predicted molar refractivity (Wildman–Crippen MR) is 61.2 cm³/mol. The van der Waals surface area contributed by atoms with Gasteiger partial charge in [-0.15, -0.1) is 0 Å². The quantitative estimate of drug-likeness (QED) is 0.925. The number of rotatable bonds is 4. The zero-order valence-corrected chi connectivity index (χ0v) is 9.70. The minimum atomic E-state index is 0.704. The van der Waals surface area contributed by atoms with Gasteiger partial charge in [-0.1, -0.05) is 33.2 Å². The summed E-state index contributed by atoms with van der Waals surface area (Å²) in [5.41, 5.74) is 1.25. The molecule has 0 bridgehead atoms. The highest BCUT2D eigenvalue weighted by molar-refractivity contribution is 9.10. The van der Waals surface area contributed by atoms with Gasteiger partial charge in [0.2, 0.25) is 0 Å². The van der Waals surface area contributed by atoms with Crippen molar-refractivity contribution in [1.29, 1.82) is 0 Å². The van der Waals surface area contributed by atoms with Crippen molar-refractivity contribution < 1.29 is 4.52 Å². The summed E-state index contributed by atoms with van der Waals surface area (Å²) in [7, 11) is 0. The fourth-order valence-electron chi connectivity index (χ4n) is 1.27. The fourth-order valence-corrected chi connectivity index (χ4v) is 1.53. The molecule has 0 radical (unpaired) electrons. The van der Waals surface area contributed by atoms with Gasteiger partial charge in [0.15, 0.2) is 0 Å². The lowest BCUT2D eigenvalue weighted by Crippen LogP contribution is -2.11. The van der Waals surface area contributed by atoms with Crippen LogP contribution >= 0.6 is 15.9 Å². The molecule has 1 heterocycles. The maximum atomic E-state index is 4.97. The van der Waals surface area contributed by atoms with E-state index in [0.717, 1.165) is 16.8 Å². The second kappa shape index (κ2) is 5.09. The zero-order valence-electron chi connectivity index (χ0n) is 8.11. The molecule has 0 aliphatic carbocycles. The molecule has 3 nitrogen and oxygen atoms in total. The molecule has 0 amide bonds. The summed E-state index contributed by atoms with van der Waals surface area (Å²) < 4.78 is 6.07. The maximum Gasteiger partial charge on any atom is 0.150 e. The highest BCUT2D eigenvalue weighted by Crippen LogP contribution is 2.10. The van der Waals surface area contributed by atoms with E-state index in [-0.39, 0.29) is 0 Å². The number of aromatic nitrogens is 1. The van der Waals surface area contributed by atoms with Gasteiger partial charge in [-0.25, -0.2) is 0 Å². The van der Waals surface area contributed by atoms with Crippen LogP contribution < -0.4 is 5.32 Å². The molecule has 0 spiro atoms. The van der Waals surface area contributed by atoms with Crippen molar-refractivity contribution in [3.05, 3.63) is 52.3 Å². The van der Waals surface area contributed by atoms with E-state index in [2.05, 4.69) is 38.5 Å². The zero-order chi connectivity index (χ0) is 10.5. The number of nitrogens with zero attached hydrogens (tertiary/aromatic N) is 1. The largest absolute Gasteiger partial charge is 0.360 e. The minimum absolute atomic E-state index is 0.704. The van der Waals surface area contributed by atoms with E-state index < -0.39 is 0 Å². The monoisotopic (exact) mass is 266 g/mol. The topological polar surface area (TPSA) is 38.1 Å². The Labute approximate surface area is 96.6 Å². The van der Waals surface area contributed by atoms with E-state index in [0.29, 0.717) is 6.54 Å². The molecule has 1 N–H and O–H groups in total. The highest BCUT2D eigenvalue weighted by atomic mass is 79.9. The fraction of sp³-hybridized carbons (Fsp3) is 0.182. The van der Waals surface area contributed by atoms with Crippen molar-refractivity contribution in [1.82, 2.24) is 10.5 Å². The number of halogens is 1. The maximum absolute atomic E-state index is 4.97. The predicted octanol–water partition coefficient (Wildman–Crippen LogP) is 2.73. The number of hydrogen-bond acceptors (Lipinski definition) is 3. The van der Waals surface area contributed by atoms with E-state index in [9.17, 15) is 0 Å². The molecular formula is C11H11BrN2O. The molecule has 78 valence electrons. The van der Waals surface area contributed by atoms with Crippen LogP contribution in [0, 0.1) is 0 Å². The summed E-state index contributed by atoms with van der Waals surface area (Å²) >= 11 is 3.40. The lowest BCUT2D eigenvalue weighted by atomic mass is 10.2. The van der Waals surface area contributed by atoms with Crippen molar-refractivity contribution >= 4 is 15.9 Å². The molecule has 0 fully saturated rings. The molecule has 15 heavy (non-hydrogen) atoms. The Morgan fingerprint density at radius 1 is 1.13 bits per heavy atom. The molecule has 0 aliphatic heterocycles. The van der Waals surface area contributed by atoms with Crippen molar-refractivity contribution in [2.45, 2.75) is 13.1 Å². The van der Waals surface area contributed by atoms with E-state index in [1.165, 1.54) is 5.56 Å². The molecule has 2 aromatic rings. The average molecular weight is 267 g/mol. The van der Waals surface area contributed by atoms with Crippen molar-refractivity contribution in [3.63, 3.8) is 0 Å². The van der Waals surface area contributed by atoms with Crippen LogP contribution in [0.15, 0.2) is 45.5 Å². The first-order valence-electron chi connectivity index (χ1n) is 4.69. The Morgan fingerprint density at radius 2 is 1.93 bits per heavy atom. The Bertz CT molecular complexity index is 397. The summed E-state index contributed by atoms with van der Waals surface area (Å²) in [6.07, 6.45) is 1.65. The highest BCUT2D eigenvalue weighted by Gasteiger charge is 1.96. The smallest absolute Gasteiger partial charge is 0.150 e. The molecule has 1 aromatic carbocycles. The summed E-state index contributed by atoms with van der Waals surface area (Å²) in [5.74, 6) is 0.854. The first-order valence-corrected chi connectivity index (χ1v) is 5.48. The molecular weight excluding hydrogens is 256 g/mol. The van der Waals surface area contributed by atoms with Crippen molar-refractivity contribution in [2.75, 3.05) is 0 Å². The first kappa shape index (κ1) is 10.4. The summed E-state index contributed by atoms with van der Waals surface area (Å²) in [6.45, 7) is 1.53. The van der Waals surface area contributed by atoms with Crippen LogP contribution in [-0.2, 0) is 13.1 Å². The molecule has 0 saturated carbocycles. The third-order valence-electron chi connectivity index (χ3n) is 2.03. The van der Waals surface area contributed by atoms with Gasteiger partial charge in [0.25, 0.3) is 0 Å². The Hall–Kier alpha value is -1.13. The molecule has 0 unspecified atom stereocenters. The van der Waals surface area contributed by atoms with Crippen LogP contribution in [0.1, 0.15) is 11.3 Å². The lowest BCUT2D eigenvalue weighted by molar-refractivity contribution is 0.373. The molecule has 0 atom stereocenters. The van der Waals surface area contributed by atoms with Gasteiger partial charge in [0, 0.05) is 17.1 Å². The second-order valence-corrected chi connectivity index (χ2v) is 4.12. The summed E-state index contributed by atoms with van der Waals surface area (Å²) in [6, 6.07) is 10.1. The standard InChI is InChI=1S/C11H11BrN2O/c12-10-3-1-9(2-4-10)7-13-8-11-5-6-14-15-11/h1-6,13H,7-8H2. The van der Waals surface area contributed by atoms with E-state index in [1.807, 2.05) is 18.2 Å². The number of nitrogens with one attached hydrogen (secondary N) is 1. The first-order chi connectivity index (χ1) is 7.34. The van der Waals surface area contributed by atoms with E-state index >= 15 is 0 Å². The lowest BCUT2D eigenvalue weighted by Gasteiger charge is -2.02. The van der Waals surface area contributed by atoms with Crippen LogP contribution in [0.5, 0.6) is 0 Å². The third-order valence-corrected chi connectivity index (χ3v) is 2.56. The van der Waals surface area contributed by atoms with Crippen molar-refractivity contribution in [2.24, 2.45) is 0 Å². The molecule has 0 saturated heterocycles. The van der Waals surface area contributed by atoms with E-state index in [1.54, 1.807) is 6.20 Å². The van der Waals surface area contributed by atoms with Crippen LogP contribution in [0.25, 0.3) is 0 Å². The van der Waals surface area contributed by atoms with Gasteiger partial charge in [0.05, 0.1) is 12.7 Å². The van der Waals surface area contributed by atoms with Crippen LogP contribution in [-0.4, -0.2) is 5.16 Å².